The summed E-state index contributed by atoms with van der Waals surface area (Å²) < 4.78 is 8.98. The molecule has 0 aliphatic rings. The van der Waals surface area contributed by atoms with Gasteiger partial charge >= 0.3 is 5.69 Å². The van der Waals surface area contributed by atoms with Crippen LogP contribution < -0.4 is 15.7 Å². The van der Waals surface area contributed by atoms with Crippen molar-refractivity contribution in [3.63, 3.8) is 0 Å². The fraction of sp³-hybridized carbons (Fsp3) is 0.300. The van der Waals surface area contributed by atoms with E-state index < -0.39 is 6.10 Å². The van der Waals surface area contributed by atoms with Crippen LogP contribution in [-0.4, -0.2) is 21.1 Å². The minimum atomic E-state index is -0.591. The maximum atomic E-state index is 12.6. The molecule has 3 rings (SSSR count). The fourth-order valence-corrected chi connectivity index (χ4v) is 2.98. The smallest absolute Gasteiger partial charge is 0.328 e. The van der Waals surface area contributed by atoms with E-state index in [1.165, 1.54) is 0 Å². The SMILES string of the molecule is CCC(Oc1cccc(C)c1)C(=O)Nc1ccc2c(c1)n(C)c(=O)n2C. The van der Waals surface area contributed by atoms with Gasteiger partial charge in [-0.2, -0.15) is 0 Å². The van der Waals surface area contributed by atoms with Crippen LogP contribution in [0.2, 0.25) is 0 Å². The first-order valence-electron chi connectivity index (χ1n) is 8.60. The number of aromatic nitrogens is 2. The third kappa shape index (κ3) is 3.35. The molecular weight excluding hydrogens is 330 g/mol. The van der Waals surface area contributed by atoms with Crippen LogP contribution in [0.15, 0.2) is 47.3 Å². The molecule has 0 fully saturated rings. The highest BCUT2D eigenvalue weighted by molar-refractivity contribution is 5.96. The zero-order valence-electron chi connectivity index (χ0n) is 15.4. The Balaban J connectivity index is 1.80. The Morgan fingerprint density at radius 1 is 1.12 bits per heavy atom. The maximum absolute atomic E-state index is 12.6. The Labute approximate surface area is 152 Å². The van der Waals surface area contributed by atoms with E-state index in [1.54, 1.807) is 35.4 Å². The van der Waals surface area contributed by atoms with Gasteiger partial charge < -0.3 is 10.1 Å². The number of ether oxygens (including phenoxy) is 1. The van der Waals surface area contributed by atoms with Crippen molar-refractivity contribution in [1.82, 2.24) is 9.13 Å². The summed E-state index contributed by atoms with van der Waals surface area (Å²) in [7, 11) is 3.44. The topological polar surface area (TPSA) is 65.3 Å². The lowest BCUT2D eigenvalue weighted by Gasteiger charge is -2.17. The third-order valence-electron chi connectivity index (χ3n) is 4.47. The Hall–Kier alpha value is -3.02. The molecule has 26 heavy (non-hydrogen) atoms. The first kappa shape index (κ1) is 17.8. The quantitative estimate of drug-likeness (QED) is 0.767. The van der Waals surface area contributed by atoms with E-state index in [0.29, 0.717) is 17.9 Å². The Kier molecular flexibility index (Phi) is 4.84. The van der Waals surface area contributed by atoms with Gasteiger partial charge in [0.25, 0.3) is 5.91 Å². The van der Waals surface area contributed by atoms with E-state index in [4.69, 9.17) is 4.74 Å². The van der Waals surface area contributed by atoms with E-state index in [1.807, 2.05) is 44.2 Å². The van der Waals surface area contributed by atoms with E-state index in [2.05, 4.69) is 5.32 Å². The Morgan fingerprint density at radius 2 is 1.85 bits per heavy atom. The van der Waals surface area contributed by atoms with Gasteiger partial charge in [-0.15, -0.1) is 0 Å². The second kappa shape index (κ2) is 7.07. The summed E-state index contributed by atoms with van der Waals surface area (Å²) in [6.07, 6.45) is -0.0432. The molecule has 1 unspecified atom stereocenters. The van der Waals surface area contributed by atoms with Gasteiger partial charge in [-0.05, 0) is 49.2 Å². The molecule has 3 aromatic rings. The lowest BCUT2D eigenvalue weighted by Crippen LogP contribution is -2.32. The largest absolute Gasteiger partial charge is 0.481 e. The van der Waals surface area contributed by atoms with Crippen molar-refractivity contribution in [3.8, 4) is 5.75 Å². The van der Waals surface area contributed by atoms with Gasteiger partial charge in [0, 0.05) is 19.8 Å². The first-order chi connectivity index (χ1) is 12.4. The number of benzene rings is 2. The molecule has 1 aromatic heterocycles. The fourth-order valence-electron chi connectivity index (χ4n) is 2.98. The van der Waals surface area contributed by atoms with Crippen molar-refractivity contribution in [2.75, 3.05) is 5.32 Å². The molecule has 0 saturated carbocycles. The average Bonchev–Trinajstić information content (AvgIpc) is 2.84. The highest BCUT2D eigenvalue weighted by Crippen LogP contribution is 2.20. The number of aryl methyl sites for hydroxylation is 3. The molecule has 1 N–H and O–H groups in total. The summed E-state index contributed by atoms with van der Waals surface area (Å²) in [4.78, 5) is 24.6. The summed E-state index contributed by atoms with van der Waals surface area (Å²) in [5.41, 5.74) is 3.20. The minimum absolute atomic E-state index is 0.0994. The van der Waals surface area contributed by atoms with Gasteiger partial charge in [-0.25, -0.2) is 4.79 Å². The maximum Gasteiger partial charge on any atom is 0.328 e. The van der Waals surface area contributed by atoms with Gasteiger partial charge in [0.15, 0.2) is 6.10 Å². The van der Waals surface area contributed by atoms with Crippen LogP contribution in [0.4, 0.5) is 5.69 Å². The molecule has 1 heterocycles. The summed E-state index contributed by atoms with van der Waals surface area (Å²) in [5.74, 6) is 0.460. The van der Waals surface area contributed by atoms with Crippen LogP contribution >= 0.6 is 0 Å². The molecule has 6 nitrogen and oxygen atoms in total. The molecule has 2 aromatic carbocycles. The summed E-state index contributed by atoms with van der Waals surface area (Å²) in [6, 6.07) is 13.0. The molecule has 0 aliphatic heterocycles. The number of hydrogen-bond acceptors (Lipinski definition) is 3. The number of fused-ring (bicyclic) bond motifs is 1. The normalized spacial score (nSPS) is 12.2. The van der Waals surface area contributed by atoms with Crippen molar-refractivity contribution >= 4 is 22.6 Å². The highest BCUT2D eigenvalue weighted by Gasteiger charge is 2.19. The van der Waals surface area contributed by atoms with Crippen LogP contribution in [0.3, 0.4) is 0 Å². The molecule has 6 heteroatoms. The molecule has 136 valence electrons. The second-order valence-electron chi connectivity index (χ2n) is 6.42. The van der Waals surface area contributed by atoms with E-state index in [-0.39, 0.29) is 11.6 Å². The summed E-state index contributed by atoms with van der Waals surface area (Å²) in [6.45, 7) is 3.89. The molecule has 0 bridgehead atoms. The number of nitrogens with zero attached hydrogens (tertiary/aromatic N) is 2. The molecular formula is C20H23N3O3. The van der Waals surface area contributed by atoms with Crippen molar-refractivity contribution in [2.45, 2.75) is 26.4 Å². The molecule has 1 amide bonds. The molecule has 1 atom stereocenters. The summed E-state index contributed by atoms with van der Waals surface area (Å²) in [5, 5.41) is 2.89. The van der Waals surface area contributed by atoms with E-state index in [9.17, 15) is 9.59 Å². The van der Waals surface area contributed by atoms with E-state index >= 15 is 0 Å². The number of nitrogens with one attached hydrogen (secondary N) is 1. The van der Waals surface area contributed by atoms with Crippen LogP contribution in [0.1, 0.15) is 18.9 Å². The van der Waals surface area contributed by atoms with Crippen molar-refractivity contribution < 1.29 is 9.53 Å². The van der Waals surface area contributed by atoms with Gasteiger partial charge in [0.05, 0.1) is 11.0 Å². The number of carbonyl (C=O) groups is 1. The monoisotopic (exact) mass is 353 g/mol. The zero-order chi connectivity index (χ0) is 18.8. The standard InChI is InChI=1S/C20H23N3O3/c1-5-18(26-15-8-6-7-13(2)11-15)19(24)21-14-9-10-16-17(12-14)23(4)20(25)22(16)3/h6-12,18H,5H2,1-4H3,(H,21,24). The first-order valence-corrected chi connectivity index (χ1v) is 8.60. The van der Waals surface area contributed by atoms with Crippen LogP contribution in [0.5, 0.6) is 5.75 Å². The molecule has 0 radical (unpaired) electrons. The predicted octanol–water partition coefficient (Wildman–Crippen LogP) is 2.98. The molecule has 0 spiro atoms. The molecule has 0 aliphatic carbocycles. The Bertz CT molecular complexity index is 1020. The lowest BCUT2D eigenvalue weighted by atomic mass is 10.2. The van der Waals surface area contributed by atoms with E-state index in [0.717, 1.165) is 16.6 Å². The minimum Gasteiger partial charge on any atom is -0.481 e. The van der Waals surface area contributed by atoms with Crippen LogP contribution in [-0.2, 0) is 18.9 Å². The van der Waals surface area contributed by atoms with Gasteiger partial charge in [-0.3, -0.25) is 13.9 Å². The van der Waals surface area contributed by atoms with Crippen molar-refractivity contribution in [1.29, 1.82) is 0 Å². The number of imidazole rings is 1. The van der Waals surface area contributed by atoms with Crippen molar-refractivity contribution in [3.05, 3.63) is 58.5 Å². The zero-order valence-corrected chi connectivity index (χ0v) is 15.4. The predicted molar refractivity (Wildman–Crippen MR) is 103 cm³/mol. The molecule has 0 saturated heterocycles. The summed E-state index contributed by atoms with van der Waals surface area (Å²) >= 11 is 0. The number of anilines is 1. The number of hydrogen-bond donors (Lipinski definition) is 1. The average molecular weight is 353 g/mol. The Morgan fingerprint density at radius 3 is 2.54 bits per heavy atom. The highest BCUT2D eigenvalue weighted by atomic mass is 16.5. The lowest BCUT2D eigenvalue weighted by molar-refractivity contribution is -0.122. The van der Waals surface area contributed by atoms with Crippen molar-refractivity contribution in [2.24, 2.45) is 14.1 Å². The van der Waals surface area contributed by atoms with Crippen LogP contribution in [0, 0.1) is 6.92 Å². The second-order valence-corrected chi connectivity index (χ2v) is 6.42. The van der Waals surface area contributed by atoms with Gasteiger partial charge in [-0.1, -0.05) is 19.1 Å². The third-order valence-corrected chi connectivity index (χ3v) is 4.47. The number of amides is 1. The number of carbonyl (C=O) groups excluding carboxylic acids is 1. The van der Waals surface area contributed by atoms with Crippen LogP contribution in [0.25, 0.3) is 11.0 Å². The van der Waals surface area contributed by atoms with Gasteiger partial charge in [0.1, 0.15) is 5.75 Å². The van der Waals surface area contributed by atoms with Gasteiger partial charge in [0.2, 0.25) is 0 Å². The number of rotatable bonds is 5.